The van der Waals surface area contributed by atoms with Crippen LogP contribution in [0.15, 0.2) is 24.3 Å². The Hall–Kier alpha value is -1.55. The summed E-state index contributed by atoms with van der Waals surface area (Å²) in [4.78, 5) is 14.4. The van der Waals surface area contributed by atoms with Crippen molar-refractivity contribution in [1.29, 1.82) is 0 Å². The second-order valence-corrected chi connectivity index (χ2v) is 6.02. The number of nitrogens with zero attached hydrogens (tertiary/aromatic N) is 1. The fourth-order valence-electron chi connectivity index (χ4n) is 3.06. The van der Waals surface area contributed by atoms with Crippen molar-refractivity contribution >= 4 is 17.3 Å². The fourth-order valence-corrected chi connectivity index (χ4v) is 3.06. The molecule has 1 aromatic rings. The first-order valence-corrected chi connectivity index (χ1v) is 8.05. The molecule has 2 rings (SSSR count). The Bertz CT molecular complexity index is 461. The van der Waals surface area contributed by atoms with E-state index in [1.54, 1.807) is 6.07 Å². The number of carbonyl (C=O) groups excluding carboxylic acids is 1. The van der Waals surface area contributed by atoms with Crippen molar-refractivity contribution in [2.75, 3.05) is 30.7 Å². The van der Waals surface area contributed by atoms with Gasteiger partial charge in [0.15, 0.2) is 0 Å². The van der Waals surface area contributed by atoms with Crippen molar-refractivity contribution in [2.45, 2.75) is 39.0 Å². The molecule has 0 radical (unpaired) electrons. The average Bonchev–Trinajstić information content (AvgIpc) is 2.87. The number of benzene rings is 1. The SMILES string of the molecule is CCCC1CCN(CCCC(=O)Nc2cccc(N)c2)C1. The standard InChI is InChI=1S/C17H27N3O/c1-2-5-14-9-11-20(13-14)10-4-8-17(21)19-16-7-3-6-15(18)12-16/h3,6-7,12,14H,2,4-5,8-11,13,18H2,1H3,(H,19,21). The molecule has 116 valence electrons. The minimum atomic E-state index is 0.0740. The van der Waals surface area contributed by atoms with Gasteiger partial charge in [0.2, 0.25) is 5.91 Å². The topological polar surface area (TPSA) is 58.4 Å². The summed E-state index contributed by atoms with van der Waals surface area (Å²) in [6.45, 7) is 5.69. The van der Waals surface area contributed by atoms with E-state index >= 15 is 0 Å². The Labute approximate surface area is 127 Å². The number of hydrogen-bond acceptors (Lipinski definition) is 3. The van der Waals surface area contributed by atoms with E-state index in [0.717, 1.165) is 24.6 Å². The van der Waals surface area contributed by atoms with Gasteiger partial charge in [-0.1, -0.05) is 19.4 Å². The van der Waals surface area contributed by atoms with Gasteiger partial charge >= 0.3 is 0 Å². The number of amides is 1. The molecule has 4 nitrogen and oxygen atoms in total. The minimum Gasteiger partial charge on any atom is -0.399 e. The van der Waals surface area contributed by atoms with Gasteiger partial charge in [-0.05, 0) is 56.5 Å². The van der Waals surface area contributed by atoms with Gasteiger partial charge < -0.3 is 16.0 Å². The molecule has 4 heteroatoms. The van der Waals surface area contributed by atoms with E-state index in [0.29, 0.717) is 12.1 Å². The summed E-state index contributed by atoms with van der Waals surface area (Å²) in [5.74, 6) is 0.945. The van der Waals surface area contributed by atoms with Gasteiger partial charge in [0.1, 0.15) is 0 Å². The number of nitrogens with one attached hydrogen (secondary N) is 1. The molecule has 1 aromatic carbocycles. The first-order valence-electron chi connectivity index (χ1n) is 8.05. The highest BCUT2D eigenvalue weighted by Gasteiger charge is 2.21. The summed E-state index contributed by atoms with van der Waals surface area (Å²) >= 11 is 0. The highest BCUT2D eigenvalue weighted by molar-refractivity contribution is 5.91. The van der Waals surface area contributed by atoms with E-state index in [1.165, 1.54) is 32.4 Å². The molecule has 1 heterocycles. The van der Waals surface area contributed by atoms with Crippen molar-refractivity contribution in [3.8, 4) is 0 Å². The Kier molecular flexibility index (Phi) is 6.05. The van der Waals surface area contributed by atoms with Gasteiger partial charge in [-0.25, -0.2) is 0 Å². The third-order valence-electron chi connectivity index (χ3n) is 4.12. The Morgan fingerprint density at radius 3 is 3.10 bits per heavy atom. The molecule has 21 heavy (non-hydrogen) atoms. The molecular weight excluding hydrogens is 262 g/mol. The van der Waals surface area contributed by atoms with Crippen LogP contribution in [0.2, 0.25) is 0 Å². The Morgan fingerprint density at radius 1 is 1.48 bits per heavy atom. The van der Waals surface area contributed by atoms with Crippen LogP contribution < -0.4 is 11.1 Å². The molecule has 0 bridgehead atoms. The lowest BCUT2D eigenvalue weighted by Crippen LogP contribution is -2.23. The third-order valence-corrected chi connectivity index (χ3v) is 4.12. The fraction of sp³-hybridized carbons (Fsp3) is 0.588. The van der Waals surface area contributed by atoms with Gasteiger partial charge in [-0.2, -0.15) is 0 Å². The van der Waals surface area contributed by atoms with Gasteiger partial charge in [-0.3, -0.25) is 4.79 Å². The molecule has 1 aliphatic heterocycles. The maximum Gasteiger partial charge on any atom is 0.224 e. The number of hydrogen-bond donors (Lipinski definition) is 2. The second-order valence-electron chi connectivity index (χ2n) is 6.02. The lowest BCUT2D eigenvalue weighted by Gasteiger charge is -2.15. The second kappa shape index (κ2) is 8.03. The first kappa shape index (κ1) is 15.8. The summed E-state index contributed by atoms with van der Waals surface area (Å²) in [7, 11) is 0. The van der Waals surface area contributed by atoms with Gasteiger partial charge in [0, 0.05) is 24.3 Å². The van der Waals surface area contributed by atoms with Crippen molar-refractivity contribution in [3.63, 3.8) is 0 Å². The number of likely N-dealkylation sites (tertiary alicyclic amines) is 1. The van der Waals surface area contributed by atoms with E-state index < -0.39 is 0 Å². The van der Waals surface area contributed by atoms with Crippen LogP contribution in [0.3, 0.4) is 0 Å². The van der Waals surface area contributed by atoms with Crippen molar-refractivity contribution in [3.05, 3.63) is 24.3 Å². The largest absolute Gasteiger partial charge is 0.399 e. The van der Waals surface area contributed by atoms with Crippen molar-refractivity contribution < 1.29 is 4.79 Å². The van der Waals surface area contributed by atoms with Gasteiger partial charge in [0.25, 0.3) is 0 Å². The molecule has 1 unspecified atom stereocenters. The molecule has 1 fully saturated rings. The van der Waals surface area contributed by atoms with Crippen LogP contribution in [0, 0.1) is 5.92 Å². The third kappa shape index (κ3) is 5.38. The zero-order chi connectivity index (χ0) is 15.1. The molecule has 1 atom stereocenters. The van der Waals surface area contributed by atoms with E-state index in [9.17, 15) is 4.79 Å². The molecule has 0 aromatic heterocycles. The molecular formula is C17H27N3O. The number of carbonyl (C=O) groups is 1. The first-order chi connectivity index (χ1) is 10.2. The summed E-state index contributed by atoms with van der Waals surface area (Å²) in [6, 6.07) is 7.32. The molecule has 0 aliphatic carbocycles. The summed E-state index contributed by atoms with van der Waals surface area (Å²) in [5.41, 5.74) is 7.15. The lowest BCUT2D eigenvalue weighted by molar-refractivity contribution is -0.116. The van der Waals surface area contributed by atoms with Crippen molar-refractivity contribution in [1.82, 2.24) is 4.90 Å². The summed E-state index contributed by atoms with van der Waals surface area (Å²) in [5, 5.41) is 2.90. The Morgan fingerprint density at radius 2 is 2.33 bits per heavy atom. The van der Waals surface area contributed by atoms with E-state index in [1.807, 2.05) is 18.2 Å². The number of nitrogens with two attached hydrogens (primary N) is 1. The molecule has 1 aliphatic rings. The van der Waals surface area contributed by atoms with E-state index in [4.69, 9.17) is 5.73 Å². The Balaban J connectivity index is 1.64. The van der Waals surface area contributed by atoms with Crippen LogP contribution in [0.25, 0.3) is 0 Å². The predicted octanol–water partition coefficient (Wildman–Crippen LogP) is 3.11. The van der Waals surface area contributed by atoms with Crippen molar-refractivity contribution in [2.24, 2.45) is 5.92 Å². The highest BCUT2D eigenvalue weighted by Crippen LogP contribution is 2.21. The molecule has 0 saturated carbocycles. The van der Waals surface area contributed by atoms with E-state index in [-0.39, 0.29) is 5.91 Å². The van der Waals surface area contributed by atoms with Crippen LogP contribution in [0.1, 0.15) is 39.0 Å². The highest BCUT2D eigenvalue weighted by atomic mass is 16.1. The molecule has 3 N–H and O–H groups in total. The number of nitrogen functional groups attached to an aromatic ring is 1. The maximum atomic E-state index is 11.9. The van der Waals surface area contributed by atoms with Crippen LogP contribution >= 0.6 is 0 Å². The maximum absolute atomic E-state index is 11.9. The average molecular weight is 289 g/mol. The monoisotopic (exact) mass is 289 g/mol. The quantitative estimate of drug-likeness (QED) is 0.758. The summed E-state index contributed by atoms with van der Waals surface area (Å²) in [6.07, 6.45) is 5.44. The molecule has 0 spiro atoms. The minimum absolute atomic E-state index is 0.0740. The normalized spacial score (nSPS) is 18.8. The van der Waals surface area contributed by atoms with Crippen LogP contribution in [-0.4, -0.2) is 30.4 Å². The lowest BCUT2D eigenvalue weighted by atomic mass is 10.0. The smallest absolute Gasteiger partial charge is 0.224 e. The molecule has 1 amide bonds. The molecule has 1 saturated heterocycles. The zero-order valence-electron chi connectivity index (χ0n) is 13.0. The van der Waals surface area contributed by atoms with Crippen LogP contribution in [0.5, 0.6) is 0 Å². The number of anilines is 2. The van der Waals surface area contributed by atoms with Crippen LogP contribution in [-0.2, 0) is 4.79 Å². The van der Waals surface area contributed by atoms with Gasteiger partial charge in [0.05, 0.1) is 0 Å². The summed E-state index contributed by atoms with van der Waals surface area (Å²) < 4.78 is 0. The zero-order valence-corrected chi connectivity index (χ0v) is 13.0. The van der Waals surface area contributed by atoms with E-state index in [2.05, 4.69) is 17.1 Å². The predicted molar refractivity (Wildman–Crippen MR) is 88.2 cm³/mol. The van der Waals surface area contributed by atoms with Gasteiger partial charge in [-0.15, -0.1) is 0 Å². The number of rotatable bonds is 7. The van der Waals surface area contributed by atoms with Crippen LogP contribution in [0.4, 0.5) is 11.4 Å².